The predicted molar refractivity (Wildman–Crippen MR) is 115 cm³/mol. The molecule has 0 amide bonds. The van der Waals surface area contributed by atoms with Crippen molar-refractivity contribution in [2.75, 3.05) is 7.11 Å². The van der Waals surface area contributed by atoms with E-state index < -0.39 is 0 Å². The zero-order valence-electron chi connectivity index (χ0n) is 15.9. The lowest BCUT2D eigenvalue weighted by Crippen LogP contribution is -2.18. The molecule has 0 saturated heterocycles. The standard InChI is InChI=1S/C23H23Cl2NO2/c1-16(18-8-4-3-5-9-18)26-14-17-12-21(25)23(22(13-17)27-2)28-15-19-10-6-7-11-20(19)24/h3-13,16,26H,14-15H2,1-2H3. The Bertz CT molecular complexity index is 916. The normalized spacial score (nSPS) is 11.9. The van der Waals surface area contributed by atoms with Crippen LogP contribution in [0.3, 0.4) is 0 Å². The molecule has 3 aromatic rings. The van der Waals surface area contributed by atoms with Gasteiger partial charge in [0.2, 0.25) is 0 Å². The third kappa shape index (κ3) is 5.20. The van der Waals surface area contributed by atoms with E-state index in [2.05, 4.69) is 24.4 Å². The molecule has 0 radical (unpaired) electrons. The molecular weight excluding hydrogens is 393 g/mol. The van der Waals surface area contributed by atoms with Gasteiger partial charge in [-0.25, -0.2) is 0 Å². The molecule has 0 aliphatic heterocycles. The monoisotopic (exact) mass is 415 g/mol. The minimum atomic E-state index is 0.224. The maximum absolute atomic E-state index is 6.49. The molecule has 0 bridgehead atoms. The van der Waals surface area contributed by atoms with Gasteiger partial charge >= 0.3 is 0 Å². The molecule has 3 nitrogen and oxygen atoms in total. The number of hydrogen-bond acceptors (Lipinski definition) is 3. The quantitative estimate of drug-likeness (QED) is 0.459. The van der Waals surface area contributed by atoms with Crippen LogP contribution in [0, 0.1) is 0 Å². The van der Waals surface area contributed by atoms with Crippen LogP contribution >= 0.6 is 23.2 Å². The summed E-state index contributed by atoms with van der Waals surface area (Å²) in [5.41, 5.74) is 3.15. The van der Waals surface area contributed by atoms with Crippen LogP contribution in [0.15, 0.2) is 66.7 Å². The molecule has 0 aliphatic carbocycles. The van der Waals surface area contributed by atoms with Crippen molar-refractivity contribution in [2.45, 2.75) is 26.1 Å². The van der Waals surface area contributed by atoms with E-state index in [1.54, 1.807) is 7.11 Å². The van der Waals surface area contributed by atoms with Gasteiger partial charge in [-0.15, -0.1) is 0 Å². The first kappa shape index (κ1) is 20.5. The minimum Gasteiger partial charge on any atom is -0.493 e. The Labute approximate surface area is 176 Å². The molecule has 1 atom stereocenters. The highest BCUT2D eigenvalue weighted by molar-refractivity contribution is 6.32. The van der Waals surface area contributed by atoms with Gasteiger partial charge < -0.3 is 14.8 Å². The summed E-state index contributed by atoms with van der Waals surface area (Å²) < 4.78 is 11.4. The highest BCUT2D eigenvalue weighted by Gasteiger charge is 2.14. The largest absolute Gasteiger partial charge is 0.493 e. The van der Waals surface area contributed by atoms with E-state index in [0.29, 0.717) is 34.7 Å². The first-order valence-corrected chi connectivity index (χ1v) is 9.85. The van der Waals surface area contributed by atoms with Gasteiger partial charge in [0, 0.05) is 23.2 Å². The fourth-order valence-electron chi connectivity index (χ4n) is 2.91. The molecule has 0 saturated carbocycles. The summed E-state index contributed by atoms with van der Waals surface area (Å²) >= 11 is 12.7. The molecule has 1 unspecified atom stereocenters. The van der Waals surface area contributed by atoms with Crippen molar-refractivity contribution in [3.63, 3.8) is 0 Å². The molecule has 0 heterocycles. The van der Waals surface area contributed by atoms with Gasteiger partial charge in [0.1, 0.15) is 6.61 Å². The Kier molecular flexibility index (Phi) is 7.21. The van der Waals surface area contributed by atoms with Crippen molar-refractivity contribution >= 4 is 23.2 Å². The molecule has 0 fully saturated rings. The van der Waals surface area contributed by atoms with E-state index in [-0.39, 0.29) is 6.04 Å². The molecule has 3 rings (SSSR count). The summed E-state index contributed by atoms with van der Waals surface area (Å²) in [5, 5.41) is 4.68. The highest BCUT2D eigenvalue weighted by Crippen LogP contribution is 2.37. The fourth-order valence-corrected chi connectivity index (χ4v) is 3.39. The lowest BCUT2D eigenvalue weighted by Gasteiger charge is -2.17. The second kappa shape index (κ2) is 9.83. The van der Waals surface area contributed by atoms with Gasteiger partial charge in [-0.3, -0.25) is 0 Å². The van der Waals surface area contributed by atoms with E-state index in [0.717, 1.165) is 11.1 Å². The number of benzene rings is 3. The fraction of sp³-hybridized carbons (Fsp3) is 0.217. The Morgan fingerprint density at radius 3 is 2.36 bits per heavy atom. The Hall–Kier alpha value is -2.20. The molecule has 146 valence electrons. The molecule has 0 aliphatic rings. The summed E-state index contributed by atoms with van der Waals surface area (Å²) in [6.45, 7) is 3.12. The molecule has 3 aromatic carbocycles. The third-order valence-electron chi connectivity index (χ3n) is 4.53. The van der Waals surface area contributed by atoms with Crippen molar-refractivity contribution in [3.8, 4) is 11.5 Å². The molecule has 5 heteroatoms. The van der Waals surface area contributed by atoms with E-state index in [1.807, 2.05) is 54.6 Å². The maximum Gasteiger partial charge on any atom is 0.180 e. The summed E-state index contributed by atoms with van der Waals surface area (Å²) in [4.78, 5) is 0. The van der Waals surface area contributed by atoms with Crippen LogP contribution < -0.4 is 14.8 Å². The summed E-state index contributed by atoms with van der Waals surface area (Å²) in [6.07, 6.45) is 0. The number of halogens is 2. The topological polar surface area (TPSA) is 30.5 Å². The molecule has 0 aromatic heterocycles. The number of ether oxygens (including phenoxy) is 2. The van der Waals surface area contributed by atoms with Gasteiger partial charge in [-0.2, -0.15) is 0 Å². The van der Waals surface area contributed by atoms with Gasteiger partial charge in [-0.05, 0) is 36.2 Å². The average molecular weight is 416 g/mol. The molecular formula is C23H23Cl2NO2. The van der Waals surface area contributed by atoms with Crippen LogP contribution in [0.5, 0.6) is 11.5 Å². The number of hydrogen-bond donors (Lipinski definition) is 1. The first-order chi connectivity index (χ1) is 13.6. The van der Waals surface area contributed by atoms with Gasteiger partial charge in [0.05, 0.1) is 12.1 Å². The van der Waals surface area contributed by atoms with Gasteiger partial charge in [0.25, 0.3) is 0 Å². The zero-order valence-corrected chi connectivity index (χ0v) is 17.4. The van der Waals surface area contributed by atoms with E-state index in [4.69, 9.17) is 32.7 Å². The van der Waals surface area contributed by atoms with E-state index >= 15 is 0 Å². The summed E-state index contributed by atoms with van der Waals surface area (Å²) in [5.74, 6) is 1.12. The Morgan fingerprint density at radius 2 is 1.64 bits per heavy atom. The van der Waals surface area contributed by atoms with Gasteiger partial charge in [-0.1, -0.05) is 71.7 Å². The third-order valence-corrected chi connectivity index (χ3v) is 5.18. The van der Waals surface area contributed by atoms with Crippen LogP contribution in [0.2, 0.25) is 10.0 Å². The number of nitrogens with one attached hydrogen (secondary N) is 1. The second-order valence-corrected chi connectivity index (χ2v) is 7.32. The zero-order chi connectivity index (χ0) is 19.9. The van der Waals surface area contributed by atoms with Crippen molar-refractivity contribution in [1.29, 1.82) is 0 Å². The van der Waals surface area contributed by atoms with Crippen LogP contribution in [0.1, 0.15) is 29.7 Å². The summed E-state index contributed by atoms with van der Waals surface area (Å²) in [6, 6.07) is 21.9. The Balaban J connectivity index is 1.69. The molecule has 28 heavy (non-hydrogen) atoms. The SMILES string of the molecule is COc1cc(CNC(C)c2ccccc2)cc(Cl)c1OCc1ccccc1Cl. The maximum atomic E-state index is 6.49. The number of methoxy groups -OCH3 is 1. The lowest BCUT2D eigenvalue weighted by molar-refractivity contribution is 0.284. The van der Waals surface area contributed by atoms with Crippen molar-refractivity contribution < 1.29 is 9.47 Å². The highest BCUT2D eigenvalue weighted by atomic mass is 35.5. The van der Waals surface area contributed by atoms with Crippen LogP contribution in [0.25, 0.3) is 0 Å². The number of rotatable bonds is 8. The van der Waals surface area contributed by atoms with Crippen LogP contribution in [0.4, 0.5) is 0 Å². The second-order valence-electron chi connectivity index (χ2n) is 6.50. The van der Waals surface area contributed by atoms with E-state index in [1.165, 1.54) is 5.56 Å². The predicted octanol–water partition coefficient (Wildman–Crippen LogP) is 6.43. The van der Waals surface area contributed by atoms with Gasteiger partial charge in [0.15, 0.2) is 11.5 Å². The minimum absolute atomic E-state index is 0.224. The Morgan fingerprint density at radius 1 is 0.929 bits per heavy atom. The summed E-state index contributed by atoms with van der Waals surface area (Å²) in [7, 11) is 1.61. The van der Waals surface area contributed by atoms with Crippen molar-refractivity contribution in [1.82, 2.24) is 5.32 Å². The lowest BCUT2D eigenvalue weighted by atomic mass is 10.1. The first-order valence-electron chi connectivity index (χ1n) is 9.09. The van der Waals surface area contributed by atoms with Crippen molar-refractivity contribution in [3.05, 3.63) is 93.5 Å². The van der Waals surface area contributed by atoms with Crippen LogP contribution in [-0.2, 0) is 13.2 Å². The van der Waals surface area contributed by atoms with Crippen LogP contribution in [-0.4, -0.2) is 7.11 Å². The van der Waals surface area contributed by atoms with Crippen molar-refractivity contribution in [2.24, 2.45) is 0 Å². The smallest absolute Gasteiger partial charge is 0.180 e. The molecule has 1 N–H and O–H groups in total. The van der Waals surface area contributed by atoms with E-state index in [9.17, 15) is 0 Å². The average Bonchev–Trinajstić information content (AvgIpc) is 2.72. The molecule has 0 spiro atoms.